The summed E-state index contributed by atoms with van der Waals surface area (Å²) in [5.41, 5.74) is 0. The Hall–Kier alpha value is -1.20. The topological polar surface area (TPSA) is 52.6 Å². The summed E-state index contributed by atoms with van der Waals surface area (Å²) in [7, 11) is 1.28. The maximum Gasteiger partial charge on any atom is 0.310 e. The van der Waals surface area contributed by atoms with Gasteiger partial charge in [-0.15, -0.1) is 0 Å². The largest absolute Gasteiger partial charge is 0.469 e. The van der Waals surface area contributed by atoms with Crippen molar-refractivity contribution in [2.24, 2.45) is 35.5 Å². The van der Waals surface area contributed by atoms with Gasteiger partial charge in [0, 0.05) is 6.92 Å². The first-order valence-electron chi connectivity index (χ1n) is 7.29. The van der Waals surface area contributed by atoms with Gasteiger partial charge in [0.05, 0.1) is 18.9 Å². The van der Waals surface area contributed by atoms with E-state index < -0.39 is 36.3 Å². The SMILES string of the molecule is COC(=O)C1C2CC(C(C)C2C)C1C(=O)OCC(C)(F)F. The Balaban J connectivity index is 2.16. The average Bonchev–Trinajstić information content (AvgIpc) is 2.92. The molecule has 21 heavy (non-hydrogen) atoms. The van der Waals surface area contributed by atoms with E-state index in [1.165, 1.54) is 7.11 Å². The molecule has 0 aromatic heterocycles. The minimum Gasteiger partial charge on any atom is -0.469 e. The summed E-state index contributed by atoms with van der Waals surface area (Å²) in [6, 6.07) is 0. The minimum absolute atomic E-state index is 0.00655. The molecule has 2 bridgehead atoms. The Morgan fingerprint density at radius 3 is 2.00 bits per heavy atom. The second-order valence-corrected chi connectivity index (χ2v) is 6.53. The monoisotopic (exact) mass is 304 g/mol. The Bertz CT molecular complexity index is 432. The number of carbonyl (C=O) groups is 2. The van der Waals surface area contributed by atoms with E-state index in [4.69, 9.17) is 9.47 Å². The van der Waals surface area contributed by atoms with Gasteiger partial charge >= 0.3 is 11.9 Å². The minimum atomic E-state index is -3.06. The lowest BCUT2D eigenvalue weighted by Gasteiger charge is -2.35. The van der Waals surface area contributed by atoms with Gasteiger partial charge < -0.3 is 9.47 Å². The van der Waals surface area contributed by atoms with Gasteiger partial charge in [-0.2, -0.15) is 0 Å². The Morgan fingerprint density at radius 1 is 1.10 bits per heavy atom. The van der Waals surface area contributed by atoms with E-state index in [0.717, 1.165) is 6.42 Å². The van der Waals surface area contributed by atoms with Gasteiger partial charge in [0.25, 0.3) is 5.92 Å². The van der Waals surface area contributed by atoms with Crippen molar-refractivity contribution >= 4 is 11.9 Å². The summed E-state index contributed by atoms with van der Waals surface area (Å²) < 4.78 is 35.3. The predicted molar refractivity (Wildman–Crippen MR) is 70.5 cm³/mol. The standard InChI is InChI=1S/C15H22F2O4/c1-7-8(2)10-5-9(7)11(13(18)20-4)12(10)14(19)21-6-15(3,16)17/h7-12H,5-6H2,1-4H3. The lowest BCUT2D eigenvalue weighted by atomic mass is 9.69. The summed E-state index contributed by atoms with van der Waals surface area (Å²) in [4.78, 5) is 24.2. The number of hydrogen-bond donors (Lipinski definition) is 0. The first-order chi connectivity index (χ1) is 9.67. The van der Waals surface area contributed by atoms with E-state index in [1.54, 1.807) is 0 Å². The molecule has 0 heterocycles. The van der Waals surface area contributed by atoms with Crippen molar-refractivity contribution in [2.75, 3.05) is 13.7 Å². The number of halogens is 2. The molecule has 0 spiro atoms. The normalized spacial score (nSPS) is 38.4. The molecule has 2 fully saturated rings. The molecule has 0 saturated heterocycles. The molecule has 0 aromatic carbocycles. The Labute approximate surface area is 123 Å². The van der Waals surface area contributed by atoms with Crippen molar-refractivity contribution in [1.29, 1.82) is 0 Å². The van der Waals surface area contributed by atoms with Crippen LogP contribution in [0.25, 0.3) is 0 Å². The average molecular weight is 304 g/mol. The molecule has 120 valence electrons. The van der Waals surface area contributed by atoms with Crippen LogP contribution >= 0.6 is 0 Å². The number of ether oxygens (including phenoxy) is 2. The quantitative estimate of drug-likeness (QED) is 0.749. The molecule has 0 aromatic rings. The Kier molecular flexibility index (Phi) is 4.26. The lowest BCUT2D eigenvalue weighted by Crippen LogP contribution is -2.42. The van der Waals surface area contributed by atoms with Crippen LogP contribution < -0.4 is 0 Å². The molecule has 0 aliphatic heterocycles. The zero-order valence-electron chi connectivity index (χ0n) is 12.8. The van der Waals surface area contributed by atoms with Crippen molar-refractivity contribution in [1.82, 2.24) is 0 Å². The smallest absolute Gasteiger partial charge is 0.310 e. The highest BCUT2D eigenvalue weighted by Gasteiger charge is 2.60. The van der Waals surface area contributed by atoms with E-state index in [-0.39, 0.29) is 17.8 Å². The van der Waals surface area contributed by atoms with Gasteiger partial charge in [-0.25, -0.2) is 8.78 Å². The third-order valence-electron chi connectivity index (χ3n) is 5.25. The number of fused-ring (bicyclic) bond motifs is 2. The highest BCUT2D eigenvalue weighted by molar-refractivity contribution is 5.83. The molecule has 2 saturated carbocycles. The molecule has 2 aliphatic rings. The molecule has 4 nitrogen and oxygen atoms in total. The van der Waals surface area contributed by atoms with Crippen LogP contribution in [0.15, 0.2) is 0 Å². The predicted octanol–water partition coefficient (Wildman–Crippen LogP) is 2.51. The second-order valence-electron chi connectivity index (χ2n) is 6.53. The van der Waals surface area contributed by atoms with E-state index in [1.807, 2.05) is 6.92 Å². The van der Waals surface area contributed by atoms with Gasteiger partial charge in [-0.1, -0.05) is 13.8 Å². The zero-order chi connectivity index (χ0) is 15.9. The van der Waals surface area contributed by atoms with Crippen molar-refractivity contribution < 1.29 is 27.8 Å². The number of carbonyl (C=O) groups excluding carboxylic acids is 2. The van der Waals surface area contributed by atoms with E-state index in [2.05, 4.69) is 6.92 Å². The van der Waals surface area contributed by atoms with Crippen LogP contribution in [-0.4, -0.2) is 31.6 Å². The van der Waals surface area contributed by atoms with Gasteiger partial charge in [-0.3, -0.25) is 9.59 Å². The summed E-state index contributed by atoms with van der Waals surface area (Å²) in [5.74, 6) is -4.76. The van der Waals surface area contributed by atoms with Crippen LogP contribution in [0.2, 0.25) is 0 Å². The van der Waals surface area contributed by atoms with Gasteiger partial charge in [0.1, 0.15) is 0 Å². The molecule has 0 radical (unpaired) electrons. The molecule has 6 heteroatoms. The van der Waals surface area contributed by atoms with Crippen molar-refractivity contribution in [2.45, 2.75) is 33.1 Å². The fourth-order valence-corrected chi connectivity index (χ4v) is 4.08. The third-order valence-corrected chi connectivity index (χ3v) is 5.25. The van der Waals surface area contributed by atoms with Crippen molar-refractivity contribution in [3.05, 3.63) is 0 Å². The molecule has 6 unspecified atom stereocenters. The number of rotatable bonds is 4. The van der Waals surface area contributed by atoms with Crippen molar-refractivity contribution in [3.8, 4) is 0 Å². The van der Waals surface area contributed by atoms with Crippen LogP contribution in [-0.2, 0) is 19.1 Å². The second kappa shape index (κ2) is 5.54. The molecule has 2 aliphatic carbocycles. The van der Waals surface area contributed by atoms with Crippen LogP contribution in [0.4, 0.5) is 8.78 Å². The number of esters is 2. The summed E-state index contributed by atoms with van der Waals surface area (Å²) in [6.45, 7) is 3.85. The molecule has 2 rings (SSSR count). The first-order valence-corrected chi connectivity index (χ1v) is 7.29. The number of hydrogen-bond acceptors (Lipinski definition) is 4. The van der Waals surface area contributed by atoms with Gasteiger partial charge in [0.15, 0.2) is 6.61 Å². The van der Waals surface area contributed by atoms with Crippen LogP contribution in [0.5, 0.6) is 0 Å². The van der Waals surface area contributed by atoms with Gasteiger partial charge in [0.2, 0.25) is 0 Å². The van der Waals surface area contributed by atoms with Crippen molar-refractivity contribution in [3.63, 3.8) is 0 Å². The van der Waals surface area contributed by atoms with E-state index >= 15 is 0 Å². The maximum atomic E-state index is 12.8. The molecule has 6 atom stereocenters. The highest BCUT2D eigenvalue weighted by Crippen LogP contribution is 2.58. The lowest BCUT2D eigenvalue weighted by molar-refractivity contribution is -0.170. The summed E-state index contributed by atoms with van der Waals surface area (Å²) >= 11 is 0. The van der Waals surface area contributed by atoms with E-state index in [9.17, 15) is 18.4 Å². The van der Waals surface area contributed by atoms with Crippen LogP contribution in [0, 0.1) is 35.5 Å². The van der Waals surface area contributed by atoms with Gasteiger partial charge in [-0.05, 0) is 30.1 Å². The van der Waals surface area contributed by atoms with E-state index in [0.29, 0.717) is 12.8 Å². The van der Waals surface area contributed by atoms with Crippen LogP contribution in [0.1, 0.15) is 27.2 Å². The number of methoxy groups -OCH3 is 1. The van der Waals surface area contributed by atoms with Crippen LogP contribution in [0.3, 0.4) is 0 Å². The molecular formula is C15H22F2O4. The molecule has 0 amide bonds. The Morgan fingerprint density at radius 2 is 1.57 bits per heavy atom. The first kappa shape index (κ1) is 16.2. The molecule has 0 N–H and O–H groups in total. The fraction of sp³-hybridized carbons (Fsp3) is 0.867. The fourth-order valence-electron chi connectivity index (χ4n) is 4.08. The highest BCUT2D eigenvalue weighted by atomic mass is 19.3. The number of alkyl halides is 2. The zero-order valence-corrected chi connectivity index (χ0v) is 12.8. The third kappa shape index (κ3) is 2.90. The molecular weight excluding hydrogens is 282 g/mol. The maximum absolute atomic E-state index is 12.8. The summed E-state index contributed by atoms with van der Waals surface area (Å²) in [6.07, 6.45) is 0.754. The summed E-state index contributed by atoms with van der Waals surface area (Å²) in [5, 5.41) is 0.